The van der Waals surface area contributed by atoms with E-state index in [0.29, 0.717) is 51.3 Å². The zero-order valence-electron chi connectivity index (χ0n) is 27.9. The summed E-state index contributed by atoms with van der Waals surface area (Å²) in [7, 11) is -3.92. The van der Waals surface area contributed by atoms with Gasteiger partial charge in [-0.3, -0.25) is 0 Å². The molecular weight excluding hydrogens is 649 g/mol. The van der Waals surface area contributed by atoms with E-state index in [2.05, 4.69) is 15.5 Å². The van der Waals surface area contributed by atoms with Crippen LogP contribution in [0.15, 0.2) is 71.8 Å². The van der Waals surface area contributed by atoms with Gasteiger partial charge in [0.25, 0.3) is 10.0 Å². The van der Waals surface area contributed by atoms with E-state index in [1.54, 1.807) is 47.5 Å². The Bertz CT molecular complexity index is 2050. The van der Waals surface area contributed by atoms with Crippen molar-refractivity contribution in [3.05, 3.63) is 72.4 Å². The summed E-state index contributed by atoms with van der Waals surface area (Å²) in [5.74, 6) is 0.453. The molecule has 13 heteroatoms. The van der Waals surface area contributed by atoms with Gasteiger partial charge in [-0.1, -0.05) is 35.1 Å². The fourth-order valence-corrected chi connectivity index (χ4v) is 7.78. The molecule has 252 valence electrons. The van der Waals surface area contributed by atoms with Crippen molar-refractivity contribution < 1.29 is 22.7 Å². The van der Waals surface area contributed by atoms with Crippen molar-refractivity contribution in [1.82, 2.24) is 24.1 Å². The van der Waals surface area contributed by atoms with Crippen molar-refractivity contribution in [2.24, 2.45) is 0 Å². The van der Waals surface area contributed by atoms with Crippen molar-refractivity contribution in [1.29, 1.82) is 0 Å². The molecule has 0 aliphatic carbocycles. The molecule has 4 heterocycles. The SMILES string of the molecule is Cc1ccc(S(=O)(=O)n2cc(-c3cccc(OC(C)C)n3)c3cc(-c4nnc(N[C@@H]5CCCN(C(=O)OC(C)(C)C)C5)s4)ccc32)cc1. The monoisotopic (exact) mass is 688 g/mol. The quantitative estimate of drug-likeness (QED) is 0.178. The summed E-state index contributed by atoms with van der Waals surface area (Å²) in [6.45, 7) is 12.5. The third-order valence-electron chi connectivity index (χ3n) is 7.78. The number of aryl methyl sites for hydroxylation is 1. The lowest BCUT2D eigenvalue weighted by Crippen LogP contribution is -2.46. The van der Waals surface area contributed by atoms with Gasteiger partial charge in [0, 0.05) is 47.9 Å². The first-order chi connectivity index (χ1) is 22.8. The number of fused-ring (bicyclic) bond motifs is 1. The number of hydrogen-bond acceptors (Lipinski definition) is 10. The van der Waals surface area contributed by atoms with E-state index in [4.69, 9.17) is 14.5 Å². The van der Waals surface area contributed by atoms with E-state index in [9.17, 15) is 13.2 Å². The Balaban J connectivity index is 1.34. The number of nitrogens with one attached hydrogen (secondary N) is 1. The van der Waals surface area contributed by atoms with Crippen LogP contribution in [0.5, 0.6) is 5.88 Å². The maximum Gasteiger partial charge on any atom is 0.410 e. The number of carbonyl (C=O) groups excluding carboxylic acids is 1. The fourth-order valence-electron chi connectivity index (χ4n) is 5.59. The molecule has 0 bridgehead atoms. The first-order valence-corrected chi connectivity index (χ1v) is 18.2. The summed E-state index contributed by atoms with van der Waals surface area (Å²) in [6, 6.07) is 17.9. The van der Waals surface area contributed by atoms with Gasteiger partial charge in [0.05, 0.1) is 22.2 Å². The van der Waals surface area contributed by atoms with Gasteiger partial charge in [0.15, 0.2) is 0 Å². The Kier molecular flexibility index (Phi) is 9.18. The number of benzene rings is 2. The van der Waals surface area contributed by atoms with E-state index in [1.807, 2.05) is 65.8 Å². The lowest BCUT2D eigenvalue weighted by molar-refractivity contribution is 0.0206. The number of rotatable bonds is 8. The maximum atomic E-state index is 14.0. The van der Waals surface area contributed by atoms with Crippen LogP contribution >= 0.6 is 11.3 Å². The molecule has 3 aromatic heterocycles. The minimum atomic E-state index is -3.92. The number of likely N-dealkylation sites (tertiary alicyclic amines) is 1. The predicted octanol–water partition coefficient (Wildman–Crippen LogP) is 7.37. The molecule has 1 fully saturated rings. The Morgan fingerprint density at radius 3 is 2.56 bits per heavy atom. The number of anilines is 1. The summed E-state index contributed by atoms with van der Waals surface area (Å²) in [6.07, 6.45) is 2.97. The van der Waals surface area contributed by atoms with Crippen molar-refractivity contribution in [2.45, 2.75) is 77.0 Å². The molecule has 48 heavy (non-hydrogen) atoms. The third kappa shape index (κ3) is 7.31. The Morgan fingerprint density at radius 2 is 1.83 bits per heavy atom. The van der Waals surface area contributed by atoms with E-state index in [0.717, 1.165) is 24.0 Å². The first kappa shape index (κ1) is 33.4. The maximum absolute atomic E-state index is 14.0. The molecule has 1 aliphatic heterocycles. The van der Waals surface area contributed by atoms with Crippen molar-refractivity contribution >= 4 is 43.5 Å². The Labute approximate surface area is 285 Å². The number of hydrogen-bond donors (Lipinski definition) is 1. The molecule has 0 unspecified atom stereocenters. The van der Waals surface area contributed by atoms with Gasteiger partial charge >= 0.3 is 6.09 Å². The number of nitrogens with zero attached hydrogens (tertiary/aromatic N) is 5. The van der Waals surface area contributed by atoms with Crippen molar-refractivity contribution in [3.63, 3.8) is 0 Å². The molecule has 5 aromatic rings. The van der Waals surface area contributed by atoms with Crippen LogP contribution in [0.25, 0.3) is 32.7 Å². The highest BCUT2D eigenvalue weighted by atomic mass is 32.2. The first-order valence-electron chi connectivity index (χ1n) is 16.0. The van der Waals surface area contributed by atoms with Gasteiger partial charge in [0.2, 0.25) is 11.0 Å². The number of ether oxygens (including phenoxy) is 2. The van der Waals surface area contributed by atoms with Gasteiger partial charge in [-0.25, -0.2) is 22.2 Å². The van der Waals surface area contributed by atoms with Crippen LogP contribution in [0.4, 0.5) is 9.93 Å². The van der Waals surface area contributed by atoms with E-state index < -0.39 is 15.6 Å². The second kappa shape index (κ2) is 13.2. The Hall–Kier alpha value is -4.49. The molecular formula is C35H40N6O5S2. The normalized spacial score (nSPS) is 15.6. The van der Waals surface area contributed by atoms with Gasteiger partial charge in [-0.05, 0) is 90.8 Å². The standard InChI is InChI=1S/C35H40N6O5S2/c1-22(2)45-31-11-7-10-29(37-31)28-21-41(48(43,44)26-15-12-23(3)13-16-26)30-17-14-24(19-27(28)30)32-38-39-33(47-32)36-25-9-8-18-40(20-25)34(42)46-35(4,5)6/h7,10-17,19,21-22,25H,8-9,18,20H2,1-6H3,(H,36,39)/t25-/m1/s1. The van der Waals surface area contributed by atoms with Crippen molar-refractivity contribution in [2.75, 3.05) is 18.4 Å². The van der Waals surface area contributed by atoms with E-state index in [-0.39, 0.29) is 23.1 Å². The van der Waals surface area contributed by atoms with Crippen LogP contribution in [0, 0.1) is 6.92 Å². The van der Waals surface area contributed by atoms with Gasteiger partial charge in [-0.2, -0.15) is 0 Å². The minimum absolute atomic E-state index is 0.00794. The highest BCUT2D eigenvalue weighted by Crippen LogP contribution is 2.37. The minimum Gasteiger partial charge on any atom is -0.475 e. The van der Waals surface area contributed by atoms with E-state index in [1.165, 1.54) is 15.3 Å². The Morgan fingerprint density at radius 1 is 1.06 bits per heavy atom. The van der Waals surface area contributed by atoms with E-state index >= 15 is 0 Å². The number of pyridine rings is 1. The predicted molar refractivity (Wildman–Crippen MR) is 188 cm³/mol. The lowest BCUT2D eigenvalue weighted by Gasteiger charge is -2.34. The average molecular weight is 689 g/mol. The molecule has 0 saturated carbocycles. The summed E-state index contributed by atoms with van der Waals surface area (Å²) in [5.41, 5.74) is 2.94. The van der Waals surface area contributed by atoms with Crippen LogP contribution in [0.3, 0.4) is 0 Å². The molecule has 2 aromatic carbocycles. The molecule has 1 N–H and O–H groups in total. The van der Waals surface area contributed by atoms with Crippen LogP contribution < -0.4 is 10.1 Å². The van der Waals surface area contributed by atoms with Crippen LogP contribution in [-0.4, -0.2) is 69.4 Å². The molecule has 1 saturated heterocycles. The molecule has 1 aliphatic rings. The largest absolute Gasteiger partial charge is 0.475 e. The summed E-state index contributed by atoms with van der Waals surface area (Å²) < 4.78 is 40.7. The number of piperidine rings is 1. The zero-order chi connectivity index (χ0) is 34.2. The third-order valence-corrected chi connectivity index (χ3v) is 10.4. The average Bonchev–Trinajstić information content (AvgIpc) is 3.65. The number of aromatic nitrogens is 4. The van der Waals surface area contributed by atoms with Crippen LogP contribution in [-0.2, 0) is 14.8 Å². The van der Waals surface area contributed by atoms with Gasteiger partial charge in [-0.15, -0.1) is 10.2 Å². The van der Waals surface area contributed by atoms with Crippen LogP contribution in [0.2, 0.25) is 0 Å². The highest BCUT2D eigenvalue weighted by molar-refractivity contribution is 7.90. The molecule has 11 nitrogen and oxygen atoms in total. The lowest BCUT2D eigenvalue weighted by atomic mass is 10.1. The highest BCUT2D eigenvalue weighted by Gasteiger charge is 2.28. The number of carbonyl (C=O) groups is 1. The molecule has 1 amide bonds. The number of amides is 1. The summed E-state index contributed by atoms with van der Waals surface area (Å²) in [4.78, 5) is 19.3. The molecule has 0 spiro atoms. The molecule has 0 radical (unpaired) electrons. The summed E-state index contributed by atoms with van der Waals surface area (Å²) in [5, 5.41) is 14.3. The van der Waals surface area contributed by atoms with Crippen LogP contribution in [0.1, 0.15) is 53.0 Å². The zero-order valence-corrected chi connectivity index (χ0v) is 29.6. The second-order valence-corrected chi connectivity index (χ2v) is 16.0. The topological polar surface area (TPSA) is 129 Å². The second-order valence-electron chi connectivity index (χ2n) is 13.2. The fraction of sp³-hybridized carbons (Fsp3) is 0.371. The van der Waals surface area contributed by atoms with Crippen molar-refractivity contribution in [3.8, 4) is 27.7 Å². The van der Waals surface area contributed by atoms with Gasteiger partial charge in [0.1, 0.15) is 10.6 Å². The molecule has 6 rings (SSSR count). The molecule has 1 atom stereocenters. The summed E-state index contributed by atoms with van der Waals surface area (Å²) >= 11 is 1.40. The smallest absolute Gasteiger partial charge is 0.410 e. The van der Waals surface area contributed by atoms with Gasteiger partial charge < -0.3 is 19.7 Å².